The summed E-state index contributed by atoms with van der Waals surface area (Å²) in [6.07, 6.45) is 0.205. The Morgan fingerprint density at radius 2 is 2.05 bits per heavy atom. The predicted molar refractivity (Wildman–Crippen MR) is 78.3 cm³/mol. The zero-order valence-electron chi connectivity index (χ0n) is 12.4. The number of para-hydroxylation sites is 1. The number of fused-ring (bicyclic) bond motifs is 1. The highest BCUT2D eigenvalue weighted by Crippen LogP contribution is 2.35. The quantitative estimate of drug-likeness (QED) is 0.915. The van der Waals surface area contributed by atoms with Gasteiger partial charge in [-0.1, -0.05) is 25.1 Å². The molecule has 1 N–H and O–H groups in total. The van der Waals surface area contributed by atoms with Crippen molar-refractivity contribution < 1.29 is 9.52 Å². The fraction of sp³-hybridized carbons (Fsp3) is 0.500. The van der Waals surface area contributed by atoms with Gasteiger partial charge < -0.3 is 14.4 Å². The maximum atomic E-state index is 10.7. The first-order chi connectivity index (χ1) is 8.90. The minimum Gasteiger partial charge on any atom is -0.458 e. The Morgan fingerprint density at radius 1 is 1.37 bits per heavy atom. The molecule has 1 aromatic heterocycles. The summed E-state index contributed by atoms with van der Waals surface area (Å²) in [5.74, 6) is 0.641. The van der Waals surface area contributed by atoms with Gasteiger partial charge in [0.1, 0.15) is 17.4 Å². The van der Waals surface area contributed by atoms with Gasteiger partial charge in [0.05, 0.1) is 5.54 Å². The van der Waals surface area contributed by atoms with Crippen LogP contribution in [0.5, 0.6) is 0 Å². The molecule has 3 heteroatoms. The molecule has 2 atom stereocenters. The highest BCUT2D eigenvalue weighted by atomic mass is 16.4. The summed E-state index contributed by atoms with van der Waals surface area (Å²) in [5.41, 5.74) is 1.63. The molecule has 0 aliphatic rings. The Morgan fingerprint density at radius 3 is 2.58 bits per heavy atom. The molecule has 0 aliphatic heterocycles. The summed E-state index contributed by atoms with van der Waals surface area (Å²) in [4.78, 5) is 2.05. The fourth-order valence-electron chi connectivity index (χ4n) is 2.42. The van der Waals surface area contributed by atoms with Gasteiger partial charge in [0.15, 0.2) is 0 Å². The van der Waals surface area contributed by atoms with Gasteiger partial charge in [-0.3, -0.25) is 0 Å². The molecule has 0 bridgehead atoms. The number of furan rings is 1. The number of benzene rings is 1. The highest BCUT2D eigenvalue weighted by Gasteiger charge is 2.36. The Labute approximate surface area is 114 Å². The van der Waals surface area contributed by atoms with E-state index in [1.807, 2.05) is 45.3 Å². The third kappa shape index (κ3) is 2.28. The van der Waals surface area contributed by atoms with Gasteiger partial charge in [-0.25, -0.2) is 0 Å². The Bertz CT molecular complexity index is 573. The van der Waals surface area contributed by atoms with E-state index in [1.165, 1.54) is 0 Å². The molecule has 0 radical (unpaired) electrons. The monoisotopic (exact) mass is 261 g/mol. The van der Waals surface area contributed by atoms with Crippen molar-refractivity contribution >= 4 is 11.0 Å². The maximum absolute atomic E-state index is 10.7. The van der Waals surface area contributed by atoms with Gasteiger partial charge in [-0.05, 0) is 46.0 Å². The molecule has 1 aromatic carbocycles. The number of hydrogen-bond acceptors (Lipinski definition) is 3. The minimum absolute atomic E-state index is 0.332. The van der Waals surface area contributed by atoms with E-state index in [9.17, 15) is 5.11 Å². The summed E-state index contributed by atoms with van der Waals surface area (Å²) in [5, 5.41) is 11.7. The molecule has 2 unspecified atom stereocenters. The summed E-state index contributed by atoms with van der Waals surface area (Å²) >= 11 is 0. The second kappa shape index (κ2) is 4.99. The van der Waals surface area contributed by atoms with Gasteiger partial charge in [-0.2, -0.15) is 0 Å². The zero-order valence-corrected chi connectivity index (χ0v) is 12.4. The van der Waals surface area contributed by atoms with Gasteiger partial charge in [0, 0.05) is 5.39 Å². The molecule has 104 valence electrons. The lowest BCUT2D eigenvalue weighted by atomic mass is 9.88. The van der Waals surface area contributed by atoms with Crippen LogP contribution in [0.4, 0.5) is 0 Å². The van der Waals surface area contributed by atoms with Crippen LogP contribution in [-0.2, 0) is 0 Å². The summed E-state index contributed by atoms with van der Waals surface area (Å²) in [6, 6.07) is 7.99. The summed E-state index contributed by atoms with van der Waals surface area (Å²) in [6.45, 7) is 6.15. The minimum atomic E-state index is -0.640. The van der Waals surface area contributed by atoms with Crippen LogP contribution in [-0.4, -0.2) is 29.6 Å². The number of rotatable bonds is 4. The van der Waals surface area contributed by atoms with Crippen LogP contribution in [0.3, 0.4) is 0 Å². The number of aliphatic hydroxyl groups is 1. The molecule has 3 nitrogen and oxygen atoms in total. The topological polar surface area (TPSA) is 36.6 Å². The smallest absolute Gasteiger partial charge is 0.137 e. The SMILES string of the molecule is CCC(C)(C(O)c1cc2cccc(C)c2o1)N(C)C. The van der Waals surface area contributed by atoms with E-state index in [1.54, 1.807) is 0 Å². The molecule has 0 amide bonds. The predicted octanol–water partition coefficient (Wildman–Crippen LogP) is 3.50. The van der Waals surface area contributed by atoms with Crippen LogP contribution in [0.15, 0.2) is 28.7 Å². The summed E-state index contributed by atoms with van der Waals surface area (Å²) in [7, 11) is 3.97. The molecule has 2 aromatic rings. The molecular weight excluding hydrogens is 238 g/mol. The molecule has 0 saturated carbocycles. The van der Waals surface area contributed by atoms with E-state index in [0.29, 0.717) is 5.76 Å². The molecule has 0 saturated heterocycles. The highest BCUT2D eigenvalue weighted by molar-refractivity contribution is 5.81. The number of aliphatic hydroxyl groups excluding tert-OH is 1. The van der Waals surface area contributed by atoms with Crippen LogP contribution in [0, 0.1) is 6.92 Å². The van der Waals surface area contributed by atoms with E-state index in [2.05, 4.69) is 18.7 Å². The van der Waals surface area contributed by atoms with E-state index >= 15 is 0 Å². The van der Waals surface area contributed by atoms with Crippen molar-refractivity contribution in [3.8, 4) is 0 Å². The average molecular weight is 261 g/mol. The normalized spacial score (nSPS) is 16.8. The van der Waals surface area contributed by atoms with Gasteiger partial charge in [0.25, 0.3) is 0 Å². The van der Waals surface area contributed by atoms with Crippen molar-refractivity contribution in [2.75, 3.05) is 14.1 Å². The first kappa shape index (κ1) is 14.1. The molecule has 1 heterocycles. The largest absolute Gasteiger partial charge is 0.458 e. The molecule has 2 rings (SSSR count). The Kier molecular flexibility index (Phi) is 3.70. The molecule has 19 heavy (non-hydrogen) atoms. The lowest BCUT2D eigenvalue weighted by Crippen LogP contribution is -2.46. The average Bonchev–Trinajstić information content (AvgIpc) is 2.82. The summed E-state index contributed by atoms with van der Waals surface area (Å²) < 4.78 is 5.88. The van der Waals surface area contributed by atoms with Gasteiger partial charge in [-0.15, -0.1) is 0 Å². The number of hydrogen-bond donors (Lipinski definition) is 1. The second-order valence-corrected chi connectivity index (χ2v) is 5.65. The fourth-order valence-corrected chi connectivity index (χ4v) is 2.42. The van der Waals surface area contributed by atoms with Crippen molar-refractivity contribution in [2.45, 2.75) is 38.8 Å². The molecular formula is C16H23NO2. The van der Waals surface area contributed by atoms with Crippen LogP contribution in [0.2, 0.25) is 0 Å². The number of aryl methyl sites for hydroxylation is 1. The molecule has 0 fully saturated rings. The van der Waals surface area contributed by atoms with E-state index in [0.717, 1.165) is 23.0 Å². The van der Waals surface area contributed by atoms with Crippen LogP contribution in [0.1, 0.15) is 37.7 Å². The van der Waals surface area contributed by atoms with Crippen molar-refractivity contribution in [3.05, 3.63) is 35.6 Å². The van der Waals surface area contributed by atoms with E-state index in [4.69, 9.17) is 4.42 Å². The molecule has 0 spiro atoms. The van der Waals surface area contributed by atoms with Crippen molar-refractivity contribution in [2.24, 2.45) is 0 Å². The van der Waals surface area contributed by atoms with E-state index in [-0.39, 0.29) is 5.54 Å². The van der Waals surface area contributed by atoms with Gasteiger partial charge >= 0.3 is 0 Å². The second-order valence-electron chi connectivity index (χ2n) is 5.65. The van der Waals surface area contributed by atoms with Crippen molar-refractivity contribution in [1.29, 1.82) is 0 Å². The standard InChI is InChI=1S/C16H23NO2/c1-6-16(3,17(4)5)15(18)13-10-12-9-7-8-11(2)14(12)19-13/h7-10,15,18H,6H2,1-5H3. The van der Waals surface area contributed by atoms with Crippen LogP contribution < -0.4 is 0 Å². The van der Waals surface area contributed by atoms with Crippen LogP contribution in [0.25, 0.3) is 11.0 Å². The van der Waals surface area contributed by atoms with Crippen molar-refractivity contribution in [1.82, 2.24) is 4.90 Å². The van der Waals surface area contributed by atoms with E-state index < -0.39 is 6.10 Å². The first-order valence-corrected chi connectivity index (χ1v) is 6.74. The third-order valence-electron chi connectivity index (χ3n) is 4.36. The first-order valence-electron chi connectivity index (χ1n) is 6.74. The number of nitrogens with zero attached hydrogens (tertiary/aromatic N) is 1. The number of likely N-dealkylation sites (N-methyl/N-ethyl adjacent to an activating group) is 1. The maximum Gasteiger partial charge on any atom is 0.137 e. The lowest BCUT2D eigenvalue weighted by molar-refractivity contribution is -0.0110. The Hall–Kier alpha value is -1.32. The van der Waals surface area contributed by atoms with Gasteiger partial charge in [0.2, 0.25) is 0 Å². The lowest BCUT2D eigenvalue weighted by Gasteiger charge is -2.38. The Balaban J connectivity index is 2.47. The zero-order chi connectivity index (χ0) is 14.2. The third-order valence-corrected chi connectivity index (χ3v) is 4.36. The molecule has 0 aliphatic carbocycles. The van der Waals surface area contributed by atoms with Crippen molar-refractivity contribution in [3.63, 3.8) is 0 Å². The van der Waals surface area contributed by atoms with Crippen LogP contribution >= 0.6 is 0 Å².